The fraction of sp³-hybridized carbons (Fsp3) is 0.538. The van der Waals surface area contributed by atoms with Crippen molar-refractivity contribution in [2.75, 3.05) is 0 Å². The molecule has 0 radical (unpaired) electrons. The molecule has 1 aromatic heterocycles. The third-order valence-electron chi connectivity index (χ3n) is 2.20. The number of thiophene rings is 1. The number of carbonyl (C=O) groups excluding carboxylic acids is 2. The van der Waals surface area contributed by atoms with E-state index in [1.54, 1.807) is 0 Å². The van der Waals surface area contributed by atoms with Crippen molar-refractivity contribution in [2.24, 2.45) is 0 Å². The molecule has 0 fully saturated rings. The lowest BCUT2D eigenvalue weighted by molar-refractivity contribution is -0.122. The van der Waals surface area contributed by atoms with Crippen molar-refractivity contribution in [1.29, 1.82) is 0 Å². The monoisotopic (exact) mass is 240 g/mol. The Hall–Kier alpha value is -0.960. The van der Waals surface area contributed by atoms with Gasteiger partial charge in [0.15, 0.2) is 12.6 Å². The van der Waals surface area contributed by atoms with Gasteiger partial charge in [0.25, 0.3) is 0 Å². The molecule has 90 valence electrons. The number of hydrogen-bond acceptors (Lipinski definition) is 3. The van der Waals surface area contributed by atoms with Crippen molar-refractivity contribution >= 4 is 23.9 Å². The predicted molar refractivity (Wildman–Crippen MR) is 68.9 cm³/mol. The summed E-state index contributed by atoms with van der Waals surface area (Å²) in [4.78, 5) is 17.6. The molecule has 0 aromatic carbocycles. The zero-order valence-corrected chi connectivity index (χ0v) is 10.7. The summed E-state index contributed by atoms with van der Waals surface area (Å²) in [5, 5.41) is 4.43. The molecule has 0 aliphatic heterocycles. The normalized spacial score (nSPS) is 9.06. The van der Waals surface area contributed by atoms with Gasteiger partial charge in [-0.1, -0.05) is 32.6 Å². The van der Waals surface area contributed by atoms with E-state index in [0.29, 0.717) is 0 Å². The van der Waals surface area contributed by atoms with Crippen molar-refractivity contribution in [3.05, 3.63) is 22.4 Å². The molecule has 0 aliphatic carbocycles. The van der Waals surface area contributed by atoms with Crippen LogP contribution >= 0.6 is 11.3 Å². The maximum Gasteiger partial charge on any atom is 0.182 e. The number of unbranched alkanes of at least 4 members (excludes halogenated alkanes) is 4. The summed E-state index contributed by atoms with van der Waals surface area (Å²) in [6.07, 6.45) is 8.62. The highest BCUT2D eigenvalue weighted by Gasteiger charge is 1.92. The van der Waals surface area contributed by atoms with Gasteiger partial charge in [-0.2, -0.15) is 11.3 Å². The number of aryl methyl sites for hydroxylation is 1. The van der Waals surface area contributed by atoms with E-state index >= 15 is 0 Å². The number of aldehydes is 2. The Morgan fingerprint density at radius 1 is 1.12 bits per heavy atom. The van der Waals surface area contributed by atoms with Crippen LogP contribution in [-0.2, 0) is 16.0 Å². The van der Waals surface area contributed by atoms with Crippen LogP contribution in [0.25, 0.3) is 0 Å². The lowest BCUT2D eigenvalue weighted by Gasteiger charge is -1.97. The molecule has 0 atom stereocenters. The van der Waals surface area contributed by atoms with Gasteiger partial charge in [-0.15, -0.1) is 0 Å². The quantitative estimate of drug-likeness (QED) is 0.414. The minimum atomic E-state index is 0.194. The molecule has 0 bridgehead atoms. The lowest BCUT2D eigenvalue weighted by Crippen LogP contribution is -1.82. The van der Waals surface area contributed by atoms with E-state index in [1.165, 1.54) is 44.1 Å². The smallest absolute Gasteiger partial charge is 0.182 e. The van der Waals surface area contributed by atoms with Crippen LogP contribution in [0, 0.1) is 0 Å². The van der Waals surface area contributed by atoms with E-state index in [1.807, 2.05) is 11.3 Å². The van der Waals surface area contributed by atoms with E-state index in [9.17, 15) is 0 Å². The molecule has 1 rings (SSSR count). The van der Waals surface area contributed by atoms with Gasteiger partial charge in [0.05, 0.1) is 0 Å². The van der Waals surface area contributed by atoms with E-state index in [-0.39, 0.29) is 12.6 Å². The largest absolute Gasteiger partial charge is 0.295 e. The molecule has 0 saturated carbocycles. The molecule has 1 heterocycles. The van der Waals surface area contributed by atoms with Gasteiger partial charge in [0.1, 0.15) is 0 Å². The van der Waals surface area contributed by atoms with Crippen molar-refractivity contribution in [3.8, 4) is 0 Å². The highest BCUT2D eigenvalue weighted by Crippen LogP contribution is 2.11. The Labute approximate surface area is 102 Å². The average Bonchev–Trinajstić information content (AvgIpc) is 2.82. The number of rotatable bonds is 7. The van der Waals surface area contributed by atoms with Crippen LogP contribution in [0.2, 0.25) is 0 Å². The van der Waals surface area contributed by atoms with Crippen LogP contribution in [0.1, 0.15) is 44.6 Å². The first-order valence-electron chi connectivity index (χ1n) is 5.75. The van der Waals surface area contributed by atoms with Crippen LogP contribution in [0.4, 0.5) is 0 Å². The summed E-state index contributed by atoms with van der Waals surface area (Å²) in [5.41, 5.74) is 1.52. The fourth-order valence-electron chi connectivity index (χ4n) is 1.37. The van der Waals surface area contributed by atoms with E-state index in [4.69, 9.17) is 9.59 Å². The van der Waals surface area contributed by atoms with Crippen LogP contribution in [0.3, 0.4) is 0 Å². The maximum absolute atomic E-state index is 8.81. The minimum absolute atomic E-state index is 0.194. The van der Waals surface area contributed by atoms with E-state index < -0.39 is 0 Å². The molecule has 1 aromatic rings. The van der Waals surface area contributed by atoms with Gasteiger partial charge >= 0.3 is 0 Å². The first-order valence-corrected chi connectivity index (χ1v) is 6.69. The molecule has 2 nitrogen and oxygen atoms in total. The zero-order chi connectivity index (χ0) is 12.1. The first-order chi connectivity index (χ1) is 7.85. The van der Waals surface area contributed by atoms with Crippen LogP contribution in [0.15, 0.2) is 16.8 Å². The summed E-state index contributed by atoms with van der Waals surface area (Å²) in [5.74, 6) is 0. The molecule has 0 saturated heterocycles. The molecule has 0 unspecified atom stereocenters. The van der Waals surface area contributed by atoms with Crippen LogP contribution in [0.5, 0.6) is 0 Å². The zero-order valence-electron chi connectivity index (χ0n) is 9.85. The SMILES string of the molecule is CCCCCCCc1ccsc1.O=CC=O. The molecule has 0 N–H and O–H groups in total. The first kappa shape index (κ1) is 15.0. The third-order valence-corrected chi connectivity index (χ3v) is 2.94. The number of carbonyl (C=O) groups is 2. The maximum atomic E-state index is 8.81. The number of hydrogen-bond donors (Lipinski definition) is 0. The summed E-state index contributed by atoms with van der Waals surface area (Å²) >= 11 is 1.81. The summed E-state index contributed by atoms with van der Waals surface area (Å²) in [6, 6.07) is 2.24. The van der Waals surface area contributed by atoms with Gasteiger partial charge in [-0.3, -0.25) is 9.59 Å². The van der Waals surface area contributed by atoms with Gasteiger partial charge in [0, 0.05) is 0 Å². The van der Waals surface area contributed by atoms with Crippen molar-refractivity contribution in [3.63, 3.8) is 0 Å². The highest BCUT2D eigenvalue weighted by molar-refractivity contribution is 7.07. The Kier molecular flexibility index (Phi) is 11.4. The van der Waals surface area contributed by atoms with Crippen molar-refractivity contribution in [2.45, 2.75) is 45.4 Å². The standard InChI is InChI=1S/C11H18S.C2H2O2/c1-2-3-4-5-6-7-11-8-9-12-10-11;3-1-2-4/h8-10H,2-7H2,1H3;1-2H. The second kappa shape index (κ2) is 12.1. The lowest BCUT2D eigenvalue weighted by atomic mass is 10.1. The van der Waals surface area contributed by atoms with Crippen LogP contribution < -0.4 is 0 Å². The molecular weight excluding hydrogens is 220 g/mol. The molecule has 16 heavy (non-hydrogen) atoms. The summed E-state index contributed by atoms with van der Waals surface area (Å²) < 4.78 is 0. The molecule has 0 spiro atoms. The topological polar surface area (TPSA) is 34.1 Å². The van der Waals surface area contributed by atoms with E-state index in [2.05, 4.69) is 23.8 Å². The third kappa shape index (κ3) is 9.59. The van der Waals surface area contributed by atoms with Crippen LogP contribution in [-0.4, -0.2) is 12.6 Å². The average molecular weight is 240 g/mol. The highest BCUT2D eigenvalue weighted by atomic mass is 32.1. The van der Waals surface area contributed by atoms with Gasteiger partial charge in [0.2, 0.25) is 0 Å². The second-order valence-electron chi connectivity index (χ2n) is 3.57. The van der Waals surface area contributed by atoms with Gasteiger partial charge < -0.3 is 0 Å². The second-order valence-corrected chi connectivity index (χ2v) is 4.35. The van der Waals surface area contributed by atoms with Crippen molar-refractivity contribution in [1.82, 2.24) is 0 Å². The minimum Gasteiger partial charge on any atom is -0.295 e. The molecule has 0 aliphatic rings. The summed E-state index contributed by atoms with van der Waals surface area (Å²) in [7, 11) is 0. The van der Waals surface area contributed by atoms with Gasteiger partial charge in [-0.25, -0.2) is 0 Å². The Morgan fingerprint density at radius 2 is 1.81 bits per heavy atom. The summed E-state index contributed by atoms with van der Waals surface area (Å²) in [6.45, 7) is 2.26. The Bertz CT molecular complexity index is 249. The molecular formula is C13H20O2S. The van der Waals surface area contributed by atoms with E-state index in [0.717, 1.165) is 0 Å². The Balaban J connectivity index is 0.000000487. The molecule has 3 heteroatoms. The molecule has 0 amide bonds. The van der Waals surface area contributed by atoms with Crippen molar-refractivity contribution < 1.29 is 9.59 Å². The van der Waals surface area contributed by atoms with Gasteiger partial charge in [-0.05, 0) is 35.2 Å². The Morgan fingerprint density at radius 3 is 2.31 bits per heavy atom. The fourth-order valence-corrected chi connectivity index (χ4v) is 2.07. The predicted octanol–water partition coefficient (Wildman–Crippen LogP) is 3.65.